The lowest BCUT2D eigenvalue weighted by Crippen LogP contribution is -2.89. The fourth-order valence-corrected chi connectivity index (χ4v) is 4.18. The van der Waals surface area contributed by atoms with Gasteiger partial charge in [-0.25, -0.2) is 0 Å². The van der Waals surface area contributed by atoms with Gasteiger partial charge in [-0.2, -0.15) is 0 Å². The van der Waals surface area contributed by atoms with Gasteiger partial charge in [-0.15, -0.1) is 0 Å². The Bertz CT molecular complexity index is 820. The molecule has 3 amide bonds. The van der Waals surface area contributed by atoms with Crippen LogP contribution in [-0.4, -0.2) is 76.0 Å². The Hall–Kier alpha value is -2.53. The van der Waals surface area contributed by atoms with Gasteiger partial charge in [-0.3, -0.25) is 14.4 Å². The molecular weight excluding hydrogens is 428 g/mol. The molecule has 0 aromatic heterocycles. The highest BCUT2D eigenvalue weighted by molar-refractivity contribution is 5.91. The van der Waals surface area contributed by atoms with Crippen LogP contribution < -0.4 is 21.7 Å². The minimum atomic E-state index is -2.11. The van der Waals surface area contributed by atoms with Crippen LogP contribution >= 0.6 is 0 Å². The molecule has 33 heavy (non-hydrogen) atoms. The molecule has 0 aliphatic heterocycles. The molecule has 10 heteroatoms. The summed E-state index contributed by atoms with van der Waals surface area (Å²) >= 11 is 0. The van der Waals surface area contributed by atoms with E-state index in [0.717, 1.165) is 5.56 Å². The van der Waals surface area contributed by atoms with Crippen molar-refractivity contribution in [2.75, 3.05) is 7.05 Å². The lowest BCUT2D eigenvalue weighted by molar-refractivity contribution is -0.651. The fraction of sp³-hybridized carbons (Fsp3) is 0.609. The molecule has 1 aliphatic rings. The van der Waals surface area contributed by atoms with Gasteiger partial charge in [0.1, 0.15) is 17.7 Å². The summed E-state index contributed by atoms with van der Waals surface area (Å²) in [5.41, 5.74) is 4.11. The number of aliphatic hydroxyl groups excluding tert-OH is 2. The molecule has 184 valence electrons. The molecule has 2 rings (SSSR count). The number of carbonyl (C=O) groups is 3. The van der Waals surface area contributed by atoms with E-state index in [1.807, 2.05) is 19.9 Å². The summed E-state index contributed by atoms with van der Waals surface area (Å²) in [5.74, 6) is -1.76. The third kappa shape index (κ3) is 7.23. The number of amides is 3. The molecule has 0 bridgehead atoms. The third-order valence-electron chi connectivity index (χ3n) is 6.06. The molecule has 1 aromatic carbocycles. The van der Waals surface area contributed by atoms with E-state index in [1.54, 1.807) is 36.6 Å². The van der Waals surface area contributed by atoms with Gasteiger partial charge in [-0.1, -0.05) is 44.2 Å². The van der Waals surface area contributed by atoms with E-state index in [-0.39, 0.29) is 24.7 Å². The van der Waals surface area contributed by atoms with Crippen molar-refractivity contribution in [3.8, 4) is 0 Å². The molecule has 0 radical (unpaired) electrons. The van der Waals surface area contributed by atoms with Crippen LogP contribution in [0.1, 0.15) is 38.7 Å². The summed E-state index contributed by atoms with van der Waals surface area (Å²) in [6, 6.07) is 6.41. The van der Waals surface area contributed by atoms with Crippen LogP contribution in [0, 0.1) is 5.92 Å². The van der Waals surface area contributed by atoms with E-state index in [1.165, 1.54) is 0 Å². The van der Waals surface area contributed by atoms with Crippen molar-refractivity contribution in [1.29, 1.82) is 0 Å². The van der Waals surface area contributed by atoms with Gasteiger partial charge in [0.2, 0.25) is 5.91 Å². The number of aliphatic hydroxyl groups is 3. The van der Waals surface area contributed by atoms with Crippen molar-refractivity contribution in [3.63, 3.8) is 0 Å². The quantitative estimate of drug-likeness (QED) is 0.201. The fourth-order valence-electron chi connectivity index (χ4n) is 4.18. The van der Waals surface area contributed by atoms with E-state index < -0.39 is 54.2 Å². The molecule has 0 unspecified atom stereocenters. The summed E-state index contributed by atoms with van der Waals surface area (Å²) in [6.07, 6.45) is -2.84. The maximum Gasteiger partial charge on any atom is 0.278 e. The summed E-state index contributed by atoms with van der Waals surface area (Å²) in [4.78, 5) is 37.6. The first-order valence-electron chi connectivity index (χ1n) is 11.3. The number of rotatable bonds is 10. The van der Waals surface area contributed by atoms with Crippen LogP contribution in [0.5, 0.6) is 0 Å². The van der Waals surface area contributed by atoms with E-state index in [4.69, 9.17) is 5.73 Å². The first kappa shape index (κ1) is 26.7. The van der Waals surface area contributed by atoms with E-state index >= 15 is 0 Å². The minimum Gasteiger partial charge on any atom is -0.390 e. The van der Waals surface area contributed by atoms with Crippen LogP contribution in [-0.2, 0) is 20.8 Å². The van der Waals surface area contributed by atoms with E-state index in [9.17, 15) is 29.7 Å². The Morgan fingerprint density at radius 2 is 1.82 bits per heavy atom. The van der Waals surface area contributed by atoms with Crippen molar-refractivity contribution in [1.82, 2.24) is 10.6 Å². The van der Waals surface area contributed by atoms with Crippen molar-refractivity contribution < 1.29 is 35.0 Å². The van der Waals surface area contributed by atoms with Gasteiger partial charge in [0, 0.05) is 25.7 Å². The van der Waals surface area contributed by atoms with Gasteiger partial charge in [0.25, 0.3) is 11.8 Å². The van der Waals surface area contributed by atoms with Crippen LogP contribution in [0.25, 0.3) is 0 Å². The zero-order valence-corrected chi connectivity index (χ0v) is 19.4. The third-order valence-corrected chi connectivity index (χ3v) is 6.06. The number of likely N-dealkylation sites (N-methyl/N-ethyl adjacent to an activating group) is 1. The zero-order chi connectivity index (χ0) is 24.8. The van der Waals surface area contributed by atoms with Gasteiger partial charge in [0.05, 0.1) is 19.2 Å². The second-order valence-electron chi connectivity index (χ2n) is 9.30. The number of nitrogens with one attached hydrogen (secondary N) is 2. The molecular formula is C23H37N4O6+. The highest BCUT2D eigenvalue weighted by atomic mass is 16.3. The smallest absolute Gasteiger partial charge is 0.278 e. The topological polar surface area (TPSA) is 179 Å². The molecule has 1 saturated carbocycles. The second kappa shape index (κ2) is 11.6. The molecule has 0 spiro atoms. The average molecular weight is 466 g/mol. The monoisotopic (exact) mass is 465 g/mol. The van der Waals surface area contributed by atoms with Gasteiger partial charge >= 0.3 is 0 Å². The molecule has 9 N–H and O–H groups in total. The SMILES string of the molecule is C[NH2+][C@@H](CC(C)C)C(=O)N[C@H]1C[C@@](O)(C(=O)N[C@H](Cc2ccccc2)C(N)=O)C[C@@H](O)[C@@H]1O. The van der Waals surface area contributed by atoms with E-state index in [2.05, 4.69) is 10.6 Å². The number of primary amides is 1. The number of hydrogen-bond acceptors (Lipinski definition) is 6. The Balaban J connectivity index is 2.13. The predicted molar refractivity (Wildman–Crippen MR) is 120 cm³/mol. The number of carbonyl (C=O) groups excluding carboxylic acids is 3. The summed E-state index contributed by atoms with van der Waals surface area (Å²) in [6.45, 7) is 3.97. The summed E-state index contributed by atoms with van der Waals surface area (Å²) in [7, 11) is 1.76. The highest BCUT2D eigenvalue weighted by Crippen LogP contribution is 2.30. The van der Waals surface area contributed by atoms with E-state index in [0.29, 0.717) is 6.42 Å². The summed E-state index contributed by atoms with van der Waals surface area (Å²) in [5, 5.41) is 38.7. The largest absolute Gasteiger partial charge is 0.390 e. The summed E-state index contributed by atoms with van der Waals surface area (Å²) < 4.78 is 0. The Morgan fingerprint density at radius 3 is 2.36 bits per heavy atom. The normalized spacial score (nSPS) is 26.9. The van der Waals surface area contributed by atoms with Gasteiger partial charge in [-0.05, 0) is 11.5 Å². The van der Waals surface area contributed by atoms with Crippen molar-refractivity contribution in [2.45, 2.75) is 75.5 Å². The average Bonchev–Trinajstić information content (AvgIpc) is 2.75. The van der Waals surface area contributed by atoms with Gasteiger partial charge in [0.15, 0.2) is 6.04 Å². The Labute approximate surface area is 193 Å². The molecule has 1 fully saturated rings. The molecule has 0 heterocycles. The lowest BCUT2D eigenvalue weighted by atomic mass is 9.77. The highest BCUT2D eigenvalue weighted by Gasteiger charge is 2.50. The number of quaternary nitrogens is 1. The van der Waals surface area contributed by atoms with Crippen molar-refractivity contribution in [2.24, 2.45) is 11.7 Å². The second-order valence-corrected chi connectivity index (χ2v) is 9.30. The number of hydrogen-bond donors (Lipinski definition) is 7. The Morgan fingerprint density at radius 1 is 1.18 bits per heavy atom. The zero-order valence-electron chi connectivity index (χ0n) is 19.4. The standard InChI is InChI=1S/C23H36N4O6/c1-13(2)9-16(25-3)21(31)26-17-11-23(33,12-18(28)19(17)29)22(32)27-15(20(24)30)10-14-7-5-4-6-8-14/h4-8,13,15-19,25,28-29,33H,9-12H2,1-3H3,(H2,24,30)(H,26,31)(H,27,32)/p+1/t15-,16+,17+,18-,19-,23+/m1/s1. The van der Waals surface area contributed by atoms with Crippen LogP contribution in [0.2, 0.25) is 0 Å². The Kier molecular flexibility index (Phi) is 9.35. The minimum absolute atomic E-state index is 0.132. The van der Waals surface area contributed by atoms with Crippen LogP contribution in [0.3, 0.4) is 0 Å². The lowest BCUT2D eigenvalue weighted by Gasteiger charge is -2.42. The molecule has 0 saturated heterocycles. The predicted octanol–water partition coefficient (Wildman–Crippen LogP) is -2.46. The molecule has 1 aliphatic carbocycles. The maximum atomic E-state index is 13.0. The number of nitrogens with two attached hydrogens (primary N) is 2. The first-order valence-corrected chi connectivity index (χ1v) is 11.3. The van der Waals surface area contributed by atoms with Gasteiger partial charge < -0.3 is 37.0 Å². The first-order chi connectivity index (χ1) is 15.5. The van der Waals surface area contributed by atoms with Crippen molar-refractivity contribution in [3.05, 3.63) is 35.9 Å². The van der Waals surface area contributed by atoms with Crippen LogP contribution in [0.15, 0.2) is 30.3 Å². The molecule has 6 atom stereocenters. The molecule has 10 nitrogen and oxygen atoms in total. The number of benzene rings is 1. The maximum absolute atomic E-state index is 13.0. The van der Waals surface area contributed by atoms with Crippen LogP contribution in [0.4, 0.5) is 0 Å². The molecule has 1 aromatic rings. The van der Waals surface area contributed by atoms with Crippen molar-refractivity contribution >= 4 is 17.7 Å².